The van der Waals surface area contributed by atoms with Crippen LogP contribution in [0.25, 0.3) is 0 Å². The summed E-state index contributed by atoms with van der Waals surface area (Å²) >= 11 is 0. The van der Waals surface area contributed by atoms with E-state index < -0.39 is 0 Å². The number of methoxy groups -OCH3 is 1. The molecule has 0 saturated heterocycles. The monoisotopic (exact) mass is 462 g/mol. The van der Waals surface area contributed by atoms with Gasteiger partial charge in [0.25, 0.3) is 5.91 Å². The van der Waals surface area contributed by atoms with Crippen LogP contribution in [0.1, 0.15) is 47.7 Å². The highest BCUT2D eigenvalue weighted by Crippen LogP contribution is 2.17. The molecule has 0 N–H and O–H groups in total. The van der Waals surface area contributed by atoms with E-state index in [1.54, 1.807) is 41.2 Å². The fourth-order valence-electron chi connectivity index (χ4n) is 3.75. The lowest BCUT2D eigenvalue weighted by Crippen LogP contribution is -2.46. The molecule has 0 aliphatic heterocycles. The highest BCUT2D eigenvalue weighted by molar-refractivity contribution is 5.96. The van der Waals surface area contributed by atoms with Gasteiger partial charge in [0.15, 0.2) is 0 Å². The minimum Gasteiger partial charge on any atom is -0.497 e. The maximum absolute atomic E-state index is 13.5. The average molecular weight is 463 g/mol. The second kappa shape index (κ2) is 12.1. The van der Waals surface area contributed by atoms with Gasteiger partial charge in [-0.2, -0.15) is 0 Å². The minimum atomic E-state index is -0.165. The number of furan rings is 1. The Morgan fingerprint density at radius 2 is 1.71 bits per heavy atom. The normalized spacial score (nSPS) is 11.6. The van der Waals surface area contributed by atoms with Gasteiger partial charge in [-0.3, -0.25) is 9.59 Å². The lowest BCUT2D eigenvalue weighted by atomic mass is 10.1. The Morgan fingerprint density at radius 3 is 2.29 bits per heavy atom. The molecule has 0 bridgehead atoms. The fraction of sp³-hybridized carbons (Fsp3) is 0.357. The Hall–Kier alpha value is -3.54. The van der Waals surface area contributed by atoms with Crippen LogP contribution in [0.15, 0.2) is 71.1 Å². The molecule has 0 fully saturated rings. The third kappa shape index (κ3) is 6.73. The summed E-state index contributed by atoms with van der Waals surface area (Å²) in [5.41, 5.74) is 1.69. The van der Waals surface area contributed by atoms with Crippen LogP contribution in [0.2, 0.25) is 0 Å². The summed E-state index contributed by atoms with van der Waals surface area (Å²) in [6.45, 7) is 6.78. The highest BCUT2D eigenvalue weighted by atomic mass is 16.5. The maximum atomic E-state index is 13.5. The van der Waals surface area contributed by atoms with Crippen molar-refractivity contribution in [2.75, 3.05) is 20.2 Å². The molecular weight excluding hydrogens is 428 g/mol. The van der Waals surface area contributed by atoms with E-state index in [4.69, 9.17) is 9.15 Å². The number of nitrogens with zero attached hydrogens (tertiary/aromatic N) is 2. The van der Waals surface area contributed by atoms with E-state index in [9.17, 15) is 9.59 Å². The van der Waals surface area contributed by atoms with Gasteiger partial charge in [0.1, 0.15) is 23.8 Å². The first-order valence-electron chi connectivity index (χ1n) is 11.7. The summed E-state index contributed by atoms with van der Waals surface area (Å²) in [5, 5.41) is 0. The van der Waals surface area contributed by atoms with Crippen LogP contribution >= 0.6 is 0 Å². The molecule has 0 spiro atoms. The number of carbonyl (C=O) groups is 2. The van der Waals surface area contributed by atoms with E-state index in [2.05, 4.69) is 12.1 Å². The average Bonchev–Trinajstić information content (AvgIpc) is 3.29. The zero-order valence-corrected chi connectivity index (χ0v) is 20.5. The lowest BCUT2D eigenvalue weighted by Gasteiger charge is -2.31. The van der Waals surface area contributed by atoms with Crippen molar-refractivity contribution in [3.63, 3.8) is 0 Å². The van der Waals surface area contributed by atoms with Crippen molar-refractivity contribution in [3.8, 4) is 5.75 Å². The quantitative estimate of drug-likeness (QED) is 0.397. The SMILES string of the molecule is CCC(C)N(CC(=O)N(CCc1ccccc1)Cc1ccc(C)o1)C(=O)c1ccc(OC)cc1. The van der Waals surface area contributed by atoms with Crippen LogP contribution in [0.3, 0.4) is 0 Å². The lowest BCUT2D eigenvalue weighted by molar-refractivity contribution is -0.133. The van der Waals surface area contributed by atoms with Crippen molar-refractivity contribution >= 4 is 11.8 Å². The van der Waals surface area contributed by atoms with Gasteiger partial charge in [0.05, 0.1) is 13.7 Å². The second-order valence-corrected chi connectivity index (χ2v) is 8.48. The van der Waals surface area contributed by atoms with Crippen LogP contribution in [0.4, 0.5) is 0 Å². The van der Waals surface area contributed by atoms with Crippen LogP contribution in [0, 0.1) is 6.92 Å². The Balaban J connectivity index is 1.78. The topological polar surface area (TPSA) is 63.0 Å². The summed E-state index contributed by atoms with van der Waals surface area (Å²) in [6.07, 6.45) is 1.47. The molecule has 2 amide bonds. The van der Waals surface area contributed by atoms with Gasteiger partial charge in [-0.25, -0.2) is 0 Å². The largest absolute Gasteiger partial charge is 0.497 e. The summed E-state index contributed by atoms with van der Waals surface area (Å²) in [7, 11) is 1.59. The van der Waals surface area contributed by atoms with Crippen LogP contribution in [0.5, 0.6) is 5.75 Å². The Labute approximate surface area is 202 Å². The van der Waals surface area contributed by atoms with Crippen molar-refractivity contribution in [2.24, 2.45) is 0 Å². The highest BCUT2D eigenvalue weighted by Gasteiger charge is 2.26. The Kier molecular flexibility index (Phi) is 8.91. The summed E-state index contributed by atoms with van der Waals surface area (Å²) in [4.78, 5) is 30.3. The van der Waals surface area contributed by atoms with Crippen molar-refractivity contribution in [2.45, 2.75) is 46.2 Å². The Bertz CT molecular complexity index is 1060. The fourth-order valence-corrected chi connectivity index (χ4v) is 3.75. The van der Waals surface area contributed by atoms with Crippen molar-refractivity contribution in [1.82, 2.24) is 9.80 Å². The standard InChI is InChI=1S/C28H34N2O4/c1-5-21(2)30(28(32)24-12-15-25(33-4)16-13-24)20-27(31)29(19-26-14-11-22(3)34-26)18-17-23-9-7-6-8-10-23/h6-16,21H,5,17-20H2,1-4H3. The third-order valence-corrected chi connectivity index (χ3v) is 6.03. The predicted molar refractivity (Wildman–Crippen MR) is 133 cm³/mol. The summed E-state index contributed by atoms with van der Waals surface area (Å²) in [5.74, 6) is 1.95. The molecular formula is C28H34N2O4. The molecule has 6 heteroatoms. The number of hydrogen-bond acceptors (Lipinski definition) is 4. The van der Waals surface area contributed by atoms with Gasteiger partial charge >= 0.3 is 0 Å². The van der Waals surface area contributed by atoms with Gasteiger partial charge in [-0.15, -0.1) is 0 Å². The van der Waals surface area contributed by atoms with E-state index in [1.165, 1.54) is 0 Å². The predicted octanol–water partition coefficient (Wildman–Crippen LogP) is 5.11. The van der Waals surface area contributed by atoms with E-state index in [1.807, 2.05) is 51.1 Å². The van der Waals surface area contributed by atoms with Gasteiger partial charge in [0.2, 0.25) is 5.91 Å². The molecule has 0 saturated carbocycles. The van der Waals surface area contributed by atoms with Gasteiger partial charge in [0, 0.05) is 18.2 Å². The second-order valence-electron chi connectivity index (χ2n) is 8.48. The Morgan fingerprint density at radius 1 is 1.00 bits per heavy atom. The number of rotatable bonds is 11. The number of ether oxygens (including phenoxy) is 1. The van der Waals surface area contributed by atoms with Gasteiger partial charge < -0.3 is 19.0 Å². The molecule has 0 aliphatic carbocycles. The molecule has 6 nitrogen and oxygen atoms in total. The van der Waals surface area contributed by atoms with Crippen LogP contribution < -0.4 is 4.74 Å². The number of hydrogen-bond donors (Lipinski definition) is 0. The first kappa shape index (κ1) is 25.1. The van der Waals surface area contributed by atoms with E-state index >= 15 is 0 Å². The summed E-state index contributed by atoms with van der Waals surface area (Å²) < 4.78 is 10.9. The molecule has 3 rings (SSSR count). The molecule has 1 atom stereocenters. The molecule has 0 aliphatic rings. The first-order valence-corrected chi connectivity index (χ1v) is 11.7. The van der Waals surface area contributed by atoms with E-state index in [-0.39, 0.29) is 24.4 Å². The van der Waals surface area contributed by atoms with E-state index in [0.717, 1.165) is 29.9 Å². The molecule has 0 radical (unpaired) electrons. The molecule has 2 aromatic carbocycles. The van der Waals surface area contributed by atoms with Crippen molar-refractivity contribution < 1.29 is 18.7 Å². The van der Waals surface area contributed by atoms with Crippen LogP contribution in [-0.4, -0.2) is 47.9 Å². The van der Waals surface area contributed by atoms with Crippen molar-refractivity contribution in [3.05, 3.63) is 89.4 Å². The minimum absolute atomic E-state index is 0.00828. The van der Waals surface area contributed by atoms with Crippen molar-refractivity contribution in [1.29, 1.82) is 0 Å². The molecule has 180 valence electrons. The first-order chi connectivity index (χ1) is 16.4. The molecule has 34 heavy (non-hydrogen) atoms. The molecule has 1 heterocycles. The smallest absolute Gasteiger partial charge is 0.254 e. The molecule has 3 aromatic rings. The maximum Gasteiger partial charge on any atom is 0.254 e. The number of amides is 2. The zero-order valence-electron chi connectivity index (χ0n) is 20.5. The molecule has 1 unspecified atom stereocenters. The van der Waals surface area contributed by atoms with Gasteiger partial charge in [-0.05, 0) is 68.7 Å². The number of aryl methyl sites for hydroxylation is 1. The number of carbonyl (C=O) groups excluding carboxylic acids is 2. The van der Waals surface area contributed by atoms with Gasteiger partial charge in [-0.1, -0.05) is 37.3 Å². The number of benzene rings is 2. The summed E-state index contributed by atoms with van der Waals surface area (Å²) in [6, 6.07) is 20.8. The molecule has 1 aromatic heterocycles. The van der Waals surface area contributed by atoms with Crippen LogP contribution in [-0.2, 0) is 17.8 Å². The zero-order chi connectivity index (χ0) is 24.5. The van der Waals surface area contributed by atoms with E-state index in [0.29, 0.717) is 24.4 Å². The third-order valence-electron chi connectivity index (χ3n) is 6.03.